The summed E-state index contributed by atoms with van der Waals surface area (Å²) in [7, 11) is 0. The van der Waals surface area contributed by atoms with Crippen molar-refractivity contribution in [1.82, 2.24) is 15.6 Å². The Kier molecular flexibility index (Phi) is 4.89. The summed E-state index contributed by atoms with van der Waals surface area (Å²) in [6.07, 6.45) is -1.36. The fraction of sp³-hybridized carbons (Fsp3) is 0.214. The number of nitrogens with zero attached hydrogens (tertiary/aromatic N) is 1. The van der Waals surface area contributed by atoms with Crippen LogP contribution in [0.15, 0.2) is 29.8 Å². The molecule has 2 rings (SSSR count). The van der Waals surface area contributed by atoms with E-state index in [4.69, 9.17) is 0 Å². The van der Waals surface area contributed by atoms with Gasteiger partial charge in [0.25, 0.3) is 5.91 Å². The van der Waals surface area contributed by atoms with Crippen LogP contribution in [0.1, 0.15) is 16.1 Å². The van der Waals surface area contributed by atoms with Crippen LogP contribution in [0.4, 0.5) is 4.79 Å². The Balaban J connectivity index is 2.04. The minimum absolute atomic E-state index is 0.0953. The first-order valence-electron chi connectivity index (χ1n) is 6.31. The topological polar surface area (TPSA) is 94.2 Å². The lowest BCUT2D eigenvalue weighted by molar-refractivity contribution is -0.250. The maximum absolute atomic E-state index is 12.1. The molecule has 0 fully saturated rings. The summed E-state index contributed by atoms with van der Waals surface area (Å²) < 4.78 is 0. The van der Waals surface area contributed by atoms with Gasteiger partial charge in [-0.2, -0.15) is 0 Å². The fourth-order valence-corrected chi connectivity index (χ4v) is 2.53. The van der Waals surface area contributed by atoms with E-state index in [0.29, 0.717) is 5.69 Å². The summed E-state index contributed by atoms with van der Waals surface area (Å²) in [5.74, 6) is -0.327. The van der Waals surface area contributed by atoms with Gasteiger partial charge in [-0.25, -0.2) is 4.98 Å². The molecule has 7 heteroatoms. The van der Waals surface area contributed by atoms with E-state index in [-0.39, 0.29) is 19.0 Å². The number of nitrogens with one attached hydrogen (secondary N) is 2. The van der Waals surface area contributed by atoms with E-state index in [9.17, 15) is 14.7 Å². The summed E-state index contributed by atoms with van der Waals surface area (Å²) in [5.41, 5.74) is 4.03. The highest BCUT2D eigenvalue weighted by Gasteiger charge is 2.15. The quantitative estimate of drug-likeness (QED) is 0.798. The van der Waals surface area contributed by atoms with Crippen LogP contribution < -0.4 is 15.7 Å². The van der Waals surface area contributed by atoms with E-state index >= 15 is 0 Å². The van der Waals surface area contributed by atoms with Crippen molar-refractivity contribution >= 4 is 23.3 Å². The number of hydrogen-bond donors (Lipinski definition) is 2. The third-order valence-corrected chi connectivity index (χ3v) is 3.65. The van der Waals surface area contributed by atoms with Crippen molar-refractivity contribution in [2.45, 2.75) is 6.92 Å². The van der Waals surface area contributed by atoms with Gasteiger partial charge in [0, 0.05) is 13.1 Å². The van der Waals surface area contributed by atoms with Gasteiger partial charge in [0.2, 0.25) is 0 Å². The minimum atomic E-state index is -1.36. The van der Waals surface area contributed by atoms with Gasteiger partial charge < -0.3 is 20.5 Å². The van der Waals surface area contributed by atoms with Crippen molar-refractivity contribution in [2.24, 2.45) is 0 Å². The molecule has 0 radical (unpaired) electrons. The Labute approximate surface area is 125 Å². The second kappa shape index (κ2) is 6.85. The molecule has 0 atom stereocenters. The molecule has 0 saturated heterocycles. The molecule has 0 aliphatic carbocycles. The van der Waals surface area contributed by atoms with Gasteiger partial charge in [-0.15, -0.1) is 11.3 Å². The van der Waals surface area contributed by atoms with E-state index in [2.05, 4.69) is 15.6 Å². The van der Waals surface area contributed by atoms with Crippen molar-refractivity contribution in [2.75, 3.05) is 13.1 Å². The number of benzene rings is 1. The van der Waals surface area contributed by atoms with Crippen molar-refractivity contribution in [3.8, 4) is 10.4 Å². The van der Waals surface area contributed by atoms with Gasteiger partial charge in [-0.3, -0.25) is 4.79 Å². The predicted octanol–water partition coefficient (Wildman–Crippen LogP) is 0.781. The average Bonchev–Trinajstić information content (AvgIpc) is 2.93. The van der Waals surface area contributed by atoms with Crippen molar-refractivity contribution in [1.29, 1.82) is 0 Å². The molecule has 0 aliphatic rings. The normalized spacial score (nSPS) is 10.1. The molecule has 0 spiro atoms. The summed E-state index contributed by atoms with van der Waals surface area (Å²) in [6, 6.07) is 7.83. The van der Waals surface area contributed by atoms with Gasteiger partial charge >= 0.3 is 0 Å². The molecule has 0 bridgehead atoms. The largest absolute Gasteiger partial charge is 0.530 e. The molecule has 1 aromatic carbocycles. The molecule has 2 N–H and O–H groups in total. The highest BCUT2D eigenvalue weighted by molar-refractivity contribution is 7.13. The van der Waals surface area contributed by atoms with Crippen LogP contribution in [0.25, 0.3) is 10.4 Å². The Bertz CT molecular complexity index is 637. The highest BCUT2D eigenvalue weighted by Crippen LogP contribution is 2.27. The molecule has 21 heavy (non-hydrogen) atoms. The van der Waals surface area contributed by atoms with Crippen LogP contribution >= 0.6 is 11.3 Å². The molecule has 1 heterocycles. The summed E-state index contributed by atoms with van der Waals surface area (Å²) >= 11 is 1.39. The van der Waals surface area contributed by atoms with Gasteiger partial charge in [0.15, 0.2) is 0 Å². The van der Waals surface area contributed by atoms with Gasteiger partial charge in [-0.05, 0) is 12.5 Å². The molecule has 0 saturated carbocycles. The van der Waals surface area contributed by atoms with Crippen LogP contribution in [0.2, 0.25) is 0 Å². The molecular weight excluding hydrogens is 290 g/mol. The van der Waals surface area contributed by atoms with E-state index in [1.165, 1.54) is 11.3 Å². The summed E-state index contributed by atoms with van der Waals surface area (Å²) in [6.45, 7) is 2.27. The van der Waals surface area contributed by atoms with E-state index in [1.807, 2.05) is 31.2 Å². The Morgan fingerprint density at radius 3 is 2.52 bits per heavy atom. The number of thiazole rings is 1. The first kappa shape index (κ1) is 15.0. The average molecular weight is 304 g/mol. The van der Waals surface area contributed by atoms with E-state index in [1.54, 1.807) is 5.51 Å². The second-order valence-corrected chi connectivity index (χ2v) is 5.22. The molecule has 0 aliphatic heterocycles. The Morgan fingerprint density at radius 1 is 1.19 bits per heavy atom. The van der Waals surface area contributed by atoms with E-state index in [0.717, 1.165) is 16.0 Å². The lowest BCUT2D eigenvalue weighted by Gasteiger charge is -2.08. The van der Waals surface area contributed by atoms with Crippen LogP contribution in [0, 0.1) is 6.92 Å². The number of carboxylic acid groups (broad SMARTS) is 1. The van der Waals surface area contributed by atoms with Gasteiger partial charge in [0.05, 0.1) is 10.4 Å². The maximum atomic E-state index is 12.1. The molecule has 6 nitrogen and oxygen atoms in total. The highest BCUT2D eigenvalue weighted by atomic mass is 32.1. The number of carbonyl (C=O) groups is 2. The number of hydrogen-bond acceptors (Lipinski definition) is 5. The lowest BCUT2D eigenvalue weighted by Crippen LogP contribution is -2.41. The summed E-state index contributed by atoms with van der Waals surface area (Å²) in [4.78, 5) is 27.1. The van der Waals surface area contributed by atoms with Gasteiger partial charge in [-0.1, -0.05) is 29.8 Å². The van der Waals surface area contributed by atoms with E-state index < -0.39 is 6.09 Å². The fourth-order valence-electron chi connectivity index (χ4n) is 1.74. The monoisotopic (exact) mass is 304 g/mol. The second-order valence-electron chi connectivity index (χ2n) is 4.37. The SMILES string of the molecule is Cc1ccc(-c2scnc2C(=O)NCCNC(=O)[O-])cc1. The molecule has 1 aromatic heterocycles. The maximum Gasteiger partial charge on any atom is 0.271 e. The van der Waals surface area contributed by atoms with Crippen LogP contribution in [0.5, 0.6) is 0 Å². The van der Waals surface area contributed by atoms with Crippen molar-refractivity contribution < 1.29 is 14.7 Å². The first-order chi connectivity index (χ1) is 10.1. The molecule has 0 unspecified atom stereocenters. The molecule has 2 amide bonds. The van der Waals surface area contributed by atoms with Crippen LogP contribution in [-0.2, 0) is 0 Å². The lowest BCUT2D eigenvalue weighted by atomic mass is 10.1. The molecular formula is C14H14N3O3S-. The third-order valence-electron chi connectivity index (χ3n) is 2.78. The van der Waals surface area contributed by atoms with Crippen molar-refractivity contribution in [3.63, 3.8) is 0 Å². The number of aromatic nitrogens is 1. The zero-order chi connectivity index (χ0) is 15.2. The number of carbonyl (C=O) groups excluding carboxylic acids is 2. The third kappa shape index (κ3) is 4.03. The smallest absolute Gasteiger partial charge is 0.271 e. The molecule has 110 valence electrons. The number of rotatable bonds is 5. The van der Waals surface area contributed by atoms with Crippen molar-refractivity contribution in [3.05, 3.63) is 41.0 Å². The minimum Gasteiger partial charge on any atom is -0.530 e. The molecule has 2 aromatic rings. The first-order valence-corrected chi connectivity index (χ1v) is 7.19. The van der Waals surface area contributed by atoms with Crippen LogP contribution in [0.3, 0.4) is 0 Å². The summed E-state index contributed by atoms with van der Waals surface area (Å²) in [5, 5.41) is 14.9. The predicted molar refractivity (Wildman–Crippen MR) is 78.0 cm³/mol. The van der Waals surface area contributed by atoms with Crippen LogP contribution in [-0.4, -0.2) is 30.1 Å². The zero-order valence-corrected chi connectivity index (χ0v) is 12.2. The van der Waals surface area contributed by atoms with Gasteiger partial charge in [0.1, 0.15) is 11.8 Å². The number of aryl methyl sites for hydroxylation is 1. The Morgan fingerprint density at radius 2 is 1.86 bits per heavy atom. The standard InChI is InChI=1S/C14H15N3O3S/c1-9-2-4-10(5-3-9)12-11(17-8-21-12)13(18)15-6-7-16-14(19)20/h2-5,8,16H,6-7H2,1H3,(H,15,18)(H,19,20)/p-1. The Hall–Kier alpha value is -2.41. The number of amides is 2. The zero-order valence-electron chi connectivity index (χ0n) is 11.4.